The van der Waals surface area contributed by atoms with Gasteiger partial charge in [-0.1, -0.05) is 11.8 Å². The molecule has 14 heavy (non-hydrogen) atoms. The Labute approximate surface area is 86.1 Å². The first-order valence-electron chi connectivity index (χ1n) is 4.02. The molecule has 1 heterocycles. The second-order valence-corrected chi connectivity index (χ2v) is 5.46. The van der Waals surface area contributed by atoms with Crippen LogP contribution in [0.3, 0.4) is 0 Å². The van der Waals surface area contributed by atoms with Gasteiger partial charge in [0.1, 0.15) is 0 Å². The van der Waals surface area contributed by atoms with Crippen LogP contribution in [0.25, 0.3) is 0 Å². The molecule has 0 saturated carbocycles. The van der Waals surface area contributed by atoms with Gasteiger partial charge in [0.05, 0.1) is 6.16 Å². The third kappa shape index (κ3) is 5.34. The molecular formula is C7H11N2O3PS. The number of rotatable bonds is 5. The SMILES string of the molecule is O=P(O)(O)CCCSc1ncccn1. The molecule has 0 saturated heterocycles. The van der Waals surface area contributed by atoms with Crippen LogP contribution >= 0.6 is 19.4 Å². The predicted octanol–water partition coefficient (Wildman–Crippen LogP) is 1.14. The van der Waals surface area contributed by atoms with E-state index in [0.717, 1.165) is 0 Å². The highest BCUT2D eigenvalue weighted by atomic mass is 32.2. The van der Waals surface area contributed by atoms with Gasteiger partial charge in [0.2, 0.25) is 0 Å². The average molecular weight is 234 g/mol. The van der Waals surface area contributed by atoms with Crippen molar-refractivity contribution >= 4 is 19.4 Å². The van der Waals surface area contributed by atoms with E-state index in [1.165, 1.54) is 11.8 Å². The van der Waals surface area contributed by atoms with E-state index in [-0.39, 0.29) is 6.16 Å². The molecule has 0 aliphatic carbocycles. The zero-order valence-electron chi connectivity index (χ0n) is 7.41. The fourth-order valence-corrected chi connectivity index (χ4v) is 2.32. The van der Waals surface area contributed by atoms with Crippen molar-refractivity contribution in [2.45, 2.75) is 11.6 Å². The monoisotopic (exact) mass is 234 g/mol. The van der Waals surface area contributed by atoms with Crippen molar-refractivity contribution in [1.82, 2.24) is 9.97 Å². The number of hydrogen-bond acceptors (Lipinski definition) is 4. The summed E-state index contributed by atoms with van der Waals surface area (Å²) in [6, 6.07) is 1.72. The van der Waals surface area contributed by atoms with E-state index < -0.39 is 7.60 Å². The quantitative estimate of drug-likeness (QED) is 0.344. The molecule has 7 heteroatoms. The molecule has 78 valence electrons. The fourth-order valence-electron chi connectivity index (χ4n) is 0.794. The first-order valence-corrected chi connectivity index (χ1v) is 6.81. The van der Waals surface area contributed by atoms with E-state index in [1.54, 1.807) is 18.5 Å². The minimum atomic E-state index is -3.84. The van der Waals surface area contributed by atoms with Crippen LogP contribution in [0, 0.1) is 0 Å². The molecule has 0 radical (unpaired) electrons. The van der Waals surface area contributed by atoms with Gasteiger partial charge < -0.3 is 9.79 Å². The minimum Gasteiger partial charge on any atom is -0.324 e. The fraction of sp³-hybridized carbons (Fsp3) is 0.429. The average Bonchev–Trinajstić information content (AvgIpc) is 2.13. The third-order valence-corrected chi connectivity index (χ3v) is 3.23. The molecule has 0 bridgehead atoms. The van der Waals surface area contributed by atoms with Crippen molar-refractivity contribution in [3.8, 4) is 0 Å². The van der Waals surface area contributed by atoms with Crippen molar-refractivity contribution in [2.24, 2.45) is 0 Å². The van der Waals surface area contributed by atoms with Crippen LogP contribution in [0.5, 0.6) is 0 Å². The summed E-state index contributed by atoms with van der Waals surface area (Å²) in [7, 11) is -3.84. The molecule has 1 aromatic rings. The topological polar surface area (TPSA) is 83.3 Å². The number of aromatic nitrogens is 2. The maximum Gasteiger partial charge on any atom is 0.325 e. The molecule has 1 rings (SSSR count). The van der Waals surface area contributed by atoms with Crippen molar-refractivity contribution in [1.29, 1.82) is 0 Å². The second kappa shape index (κ2) is 5.46. The third-order valence-electron chi connectivity index (χ3n) is 1.37. The van der Waals surface area contributed by atoms with Gasteiger partial charge in [0.15, 0.2) is 5.16 Å². The molecule has 0 aliphatic rings. The molecular weight excluding hydrogens is 223 g/mol. The van der Waals surface area contributed by atoms with Gasteiger partial charge in [-0.15, -0.1) is 0 Å². The van der Waals surface area contributed by atoms with Crippen LogP contribution in [0.1, 0.15) is 6.42 Å². The van der Waals surface area contributed by atoms with E-state index >= 15 is 0 Å². The Morgan fingerprint density at radius 1 is 1.36 bits per heavy atom. The van der Waals surface area contributed by atoms with Gasteiger partial charge in [-0.25, -0.2) is 9.97 Å². The zero-order valence-corrected chi connectivity index (χ0v) is 9.12. The van der Waals surface area contributed by atoms with Gasteiger partial charge in [0, 0.05) is 18.1 Å². The lowest BCUT2D eigenvalue weighted by Gasteiger charge is -2.02. The Kier molecular flexibility index (Phi) is 4.54. The first-order chi connectivity index (χ1) is 6.58. The Morgan fingerprint density at radius 3 is 2.57 bits per heavy atom. The molecule has 2 N–H and O–H groups in total. The molecule has 5 nitrogen and oxygen atoms in total. The Morgan fingerprint density at radius 2 is 2.00 bits per heavy atom. The van der Waals surface area contributed by atoms with Crippen molar-refractivity contribution in [3.63, 3.8) is 0 Å². The van der Waals surface area contributed by atoms with Gasteiger partial charge in [-0.3, -0.25) is 4.57 Å². The van der Waals surface area contributed by atoms with Crippen LogP contribution in [0.4, 0.5) is 0 Å². The van der Waals surface area contributed by atoms with Crippen LogP contribution < -0.4 is 0 Å². The molecule has 0 fully saturated rings. The maximum absolute atomic E-state index is 10.5. The molecule has 0 spiro atoms. The van der Waals surface area contributed by atoms with Crippen LogP contribution in [0.15, 0.2) is 23.6 Å². The summed E-state index contributed by atoms with van der Waals surface area (Å²) in [6.07, 6.45) is 3.66. The Bertz CT molecular complexity index is 316. The summed E-state index contributed by atoms with van der Waals surface area (Å²) in [4.78, 5) is 25.1. The second-order valence-electron chi connectivity index (χ2n) is 2.62. The molecule has 0 amide bonds. The normalized spacial score (nSPS) is 11.6. The van der Waals surface area contributed by atoms with Gasteiger partial charge in [0.25, 0.3) is 0 Å². The highest BCUT2D eigenvalue weighted by Crippen LogP contribution is 2.35. The largest absolute Gasteiger partial charge is 0.325 e. The van der Waals surface area contributed by atoms with E-state index in [9.17, 15) is 4.57 Å². The molecule has 1 aromatic heterocycles. The maximum atomic E-state index is 10.5. The summed E-state index contributed by atoms with van der Waals surface area (Å²) in [6.45, 7) is 0. The van der Waals surface area contributed by atoms with Crippen LogP contribution in [0.2, 0.25) is 0 Å². The number of nitrogens with zero attached hydrogens (tertiary/aromatic N) is 2. The standard InChI is InChI=1S/C7H11N2O3PS/c10-13(11,12)5-2-6-14-7-8-3-1-4-9-7/h1,3-4H,2,5-6H2,(H2,10,11,12). The van der Waals surface area contributed by atoms with Gasteiger partial charge in [-0.05, 0) is 12.5 Å². The summed E-state index contributed by atoms with van der Waals surface area (Å²) < 4.78 is 10.5. The first kappa shape index (κ1) is 11.7. The van der Waals surface area contributed by atoms with Crippen molar-refractivity contribution < 1.29 is 14.4 Å². The molecule has 0 aliphatic heterocycles. The van der Waals surface area contributed by atoms with Crippen molar-refractivity contribution in [2.75, 3.05) is 11.9 Å². The summed E-state index contributed by atoms with van der Waals surface area (Å²) in [5.74, 6) is 0.620. The summed E-state index contributed by atoms with van der Waals surface area (Å²) >= 11 is 1.40. The number of thioether (sulfide) groups is 1. The zero-order chi connectivity index (χ0) is 10.4. The van der Waals surface area contributed by atoms with Crippen LogP contribution in [-0.4, -0.2) is 31.7 Å². The van der Waals surface area contributed by atoms with Crippen molar-refractivity contribution in [3.05, 3.63) is 18.5 Å². The van der Waals surface area contributed by atoms with Gasteiger partial charge >= 0.3 is 7.60 Å². The molecule has 0 atom stereocenters. The van der Waals surface area contributed by atoms with E-state index in [1.807, 2.05) is 0 Å². The summed E-state index contributed by atoms with van der Waals surface area (Å²) in [5.41, 5.74) is 0. The Balaban J connectivity index is 2.20. The number of hydrogen-bond donors (Lipinski definition) is 2. The van der Waals surface area contributed by atoms with E-state index in [0.29, 0.717) is 17.3 Å². The lowest BCUT2D eigenvalue weighted by Crippen LogP contribution is -1.91. The minimum absolute atomic E-state index is 0.0766. The highest BCUT2D eigenvalue weighted by Gasteiger charge is 2.11. The summed E-state index contributed by atoms with van der Waals surface area (Å²) in [5, 5.41) is 0.637. The van der Waals surface area contributed by atoms with E-state index in [2.05, 4.69) is 9.97 Å². The van der Waals surface area contributed by atoms with Crippen LogP contribution in [-0.2, 0) is 4.57 Å². The van der Waals surface area contributed by atoms with E-state index in [4.69, 9.17) is 9.79 Å². The lowest BCUT2D eigenvalue weighted by molar-refractivity contribution is 0.372. The Hall–Kier alpha value is -0.420. The lowest BCUT2D eigenvalue weighted by atomic mass is 10.6. The predicted molar refractivity (Wildman–Crippen MR) is 54.3 cm³/mol. The molecule has 0 unspecified atom stereocenters. The smallest absolute Gasteiger partial charge is 0.324 e. The van der Waals surface area contributed by atoms with Gasteiger partial charge in [-0.2, -0.15) is 0 Å². The molecule has 0 aromatic carbocycles. The highest BCUT2D eigenvalue weighted by molar-refractivity contribution is 7.99.